The Morgan fingerprint density at radius 2 is 1.79 bits per heavy atom. The summed E-state index contributed by atoms with van der Waals surface area (Å²) < 4.78 is 9.77. The van der Waals surface area contributed by atoms with E-state index in [-0.39, 0.29) is 19.0 Å². The second kappa shape index (κ2) is 7.35. The van der Waals surface area contributed by atoms with E-state index in [0.29, 0.717) is 19.1 Å². The van der Waals surface area contributed by atoms with Gasteiger partial charge in [0.25, 0.3) is 0 Å². The standard InChI is InChI=1S/C13H16O6/c1-9(8-14)18-6-7-19-13(17)11-5-3-2-4-10(11)12(15)16/h2-3,8,10-11H,1,4-7H2,(H,15,16). The van der Waals surface area contributed by atoms with Gasteiger partial charge >= 0.3 is 11.9 Å². The summed E-state index contributed by atoms with van der Waals surface area (Å²) in [5.41, 5.74) is 0. The summed E-state index contributed by atoms with van der Waals surface area (Å²) in [6, 6.07) is 0. The SMILES string of the molecule is C=C(C=O)OCCOC(=O)C1CC=CCC1C(=O)O. The molecule has 6 nitrogen and oxygen atoms in total. The maximum atomic E-state index is 11.8. The molecule has 0 radical (unpaired) electrons. The zero-order chi connectivity index (χ0) is 14.3. The van der Waals surface area contributed by atoms with Crippen molar-refractivity contribution in [1.82, 2.24) is 0 Å². The van der Waals surface area contributed by atoms with Crippen LogP contribution in [0.1, 0.15) is 12.8 Å². The number of aliphatic carboxylic acids is 1. The highest BCUT2D eigenvalue weighted by molar-refractivity contribution is 5.81. The molecule has 0 aliphatic heterocycles. The molecule has 2 atom stereocenters. The van der Waals surface area contributed by atoms with Crippen LogP contribution < -0.4 is 0 Å². The van der Waals surface area contributed by atoms with E-state index in [0.717, 1.165) is 0 Å². The highest BCUT2D eigenvalue weighted by atomic mass is 16.6. The molecule has 0 aromatic heterocycles. The van der Waals surface area contributed by atoms with Crippen molar-refractivity contribution in [3.05, 3.63) is 24.5 Å². The van der Waals surface area contributed by atoms with Gasteiger partial charge in [0.15, 0.2) is 12.0 Å². The van der Waals surface area contributed by atoms with Crippen molar-refractivity contribution in [2.24, 2.45) is 11.8 Å². The number of hydrogen-bond acceptors (Lipinski definition) is 5. The molecule has 0 saturated heterocycles. The van der Waals surface area contributed by atoms with Gasteiger partial charge in [-0.1, -0.05) is 18.7 Å². The lowest BCUT2D eigenvalue weighted by Crippen LogP contribution is -2.32. The average molecular weight is 268 g/mol. The third-order valence-electron chi connectivity index (χ3n) is 2.80. The van der Waals surface area contributed by atoms with Crippen LogP contribution in [-0.4, -0.2) is 36.5 Å². The molecule has 1 aliphatic rings. The third-order valence-corrected chi connectivity index (χ3v) is 2.80. The summed E-state index contributed by atoms with van der Waals surface area (Å²) in [6.45, 7) is 3.27. The summed E-state index contributed by atoms with van der Waals surface area (Å²) in [7, 11) is 0. The Bertz CT molecular complexity index is 398. The number of carboxylic acid groups (broad SMARTS) is 1. The molecule has 0 fully saturated rings. The molecule has 0 bridgehead atoms. The highest BCUT2D eigenvalue weighted by Gasteiger charge is 2.34. The second-order valence-electron chi connectivity index (χ2n) is 4.09. The summed E-state index contributed by atoms with van der Waals surface area (Å²) in [5.74, 6) is -3.02. The predicted molar refractivity (Wildman–Crippen MR) is 65.1 cm³/mol. The van der Waals surface area contributed by atoms with Crippen LogP contribution in [0.2, 0.25) is 0 Å². The Kier molecular flexibility index (Phi) is 5.78. The maximum Gasteiger partial charge on any atom is 0.310 e. The van der Waals surface area contributed by atoms with Gasteiger partial charge in [0, 0.05) is 0 Å². The number of esters is 1. The second-order valence-corrected chi connectivity index (χ2v) is 4.09. The van der Waals surface area contributed by atoms with Crippen LogP contribution >= 0.6 is 0 Å². The first-order valence-electron chi connectivity index (χ1n) is 5.87. The molecule has 6 heteroatoms. The molecule has 0 aromatic carbocycles. The van der Waals surface area contributed by atoms with E-state index in [1.807, 2.05) is 0 Å². The first-order chi connectivity index (χ1) is 9.06. The van der Waals surface area contributed by atoms with Crippen LogP contribution in [0.4, 0.5) is 0 Å². The molecule has 0 aromatic rings. The van der Waals surface area contributed by atoms with E-state index >= 15 is 0 Å². The van der Waals surface area contributed by atoms with E-state index in [1.54, 1.807) is 12.2 Å². The van der Waals surface area contributed by atoms with Crippen LogP contribution in [0, 0.1) is 11.8 Å². The Morgan fingerprint density at radius 3 is 2.37 bits per heavy atom. The quantitative estimate of drug-likeness (QED) is 0.184. The summed E-state index contributed by atoms with van der Waals surface area (Å²) in [6.07, 6.45) is 4.66. The minimum atomic E-state index is -1.00. The van der Waals surface area contributed by atoms with Gasteiger partial charge in [-0.3, -0.25) is 14.4 Å². The molecular formula is C13H16O6. The minimum absolute atomic E-state index is 0.0175. The topological polar surface area (TPSA) is 89.9 Å². The largest absolute Gasteiger partial charge is 0.487 e. The van der Waals surface area contributed by atoms with Crippen LogP contribution in [0.15, 0.2) is 24.5 Å². The van der Waals surface area contributed by atoms with Crippen LogP contribution in [0.3, 0.4) is 0 Å². The molecule has 0 heterocycles. The monoisotopic (exact) mass is 268 g/mol. The van der Waals surface area contributed by atoms with E-state index in [1.165, 1.54) is 0 Å². The van der Waals surface area contributed by atoms with E-state index in [4.69, 9.17) is 14.6 Å². The molecule has 104 valence electrons. The van der Waals surface area contributed by atoms with Crippen LogP contribution in [0.25, 0.3) is 0 Å². The van der Waals surface area contributed by atoms with E-state index < -0.39 is 23.8 Å². The van der Waals surface area contributed by atoms with Gasteiger partial charge in [0.1, 0.15) is 13.2 Å². The molecule has 0 spiro atoms. The smallest absolute Gasteiger partial charge is 0.310 e. The van der Waals surface area contributed by atoms with Crippen molar-refractivity contribution < 1.29 is 29.0 Å². The van der Waals surface area contributed by atoms with E-state index in [2.05, 4.69) is 6.58 Å². The molecule has 1 aliphatic carbocycles. The van der Waals surface area contributed by atoms with Crippen molar-refractivity contribution in [1.29, 1.82) is 0 Å². The predicted octanol–water partition coefficient (Wildman–Crippen LogP) is 0.926. The number of hydrogen-bond donors (Lipinski definition) is 1. The van der Waals surface area contributed by atoms with Crippen LogP contribution in [-0.2, 0) is 23.9 Å². The summed E-state index contributed by atoms with van der Waals surface area (Å²) >= 11 is 0. The fourth-order valence-corrected chi connectivity index (χ4v) is 1.80. The Labute approximate surface area is 110 Å². The number of rotatable bonds is 7. The number of carboxylic acids is 1. The first kappa shape index (κ1) is 14.9. The molecule has 1 rings (SSSR count). The fourth-order valence-electron chi connectivity index (χ4n) is 1.80. The fraction of sp³-hybridized carbons (Fsp3) is 0.462. The Balaban J connectivity index is 2.39. The number of carbonyl (C=O) groups is 3. The Morgan fingerprint density at radius 1 is 1.21 bits per heavy atom. The van der Waals surface area contributed by atoms with Gasteiger partial charge in [-0.05, 0) is 12.8 Å². The zero-order valence-electron chi connectivity index (χ0n) is 10.4. The normalized spacial score (nSPS) is 21.5. The van der Waals surface area contributed by atoms with Crippen molar-refractivity contribution >= 4 is 18.2 Å². The van der Waals surface area contributed by atoms with Gasteiger partial charge in [0.2, 0.25) is 0 Å². The molecule has 0 saturated carbocycles. The van der Waals surface area contributed by atoms with E-state index in [9.17, 15) is 14.4 Å². The van der Waals surface area contributed by atoms with Crippen molar-refractivity contribution in [2.45, 2.75) is 12.8 Å². The van der Waals surface area contributed by atoms with Gasteiger partial charge < -0.3 is 14.6 Å². The first-order valence-corrected chi connectivity index (χ1v) is 5.87. The van der Waals surface area contributed by atoms with Crippen molar-refractivity contribution in [3.8, 4) is 0 Å². The third kappa shape index (κ3) is 4.57. The number of ether oxygens (including phenoxy) is 2. The highest BCUT2D eigenvalue weighted by Crippen LogP contribution is 2.26. The molecule has 1 N–H and O–H groups in total. The molecule has 19 heavy (non-hydrogen) atoms. The average Bonchev–Trinajstić information content (AvgIpc) is 2.42. The lowest BCUT2D eigenvalue weighted by molar-refractivity contribution is -0.158. The van der Waals surface area contributed by atoms with Gasteiger partial charge in [-0.25, -0.2) is 0 Å². The van der Waals surface area contributed by atoms with Crippen molar-refractivity contribution in [3.63, 3.8) is 0 Å². The lowest BCUT2D eigenvalue weighted by atomic mass is 9.83. The maximum absolute atomic E-state index is 11.8. The molecule has 0 amide bonds. The minimum Gasteiger partial charge on any atom is -0.487 e. The van der Waals surface area contributed by atoms with Gasteiger partial charge in [-0.2, -0.15) is 0 Å². The number of carbonyl (C=O) groups excluding carboxylic acids is 2. The number of allylic oxidation sites excluding steroid dienone is 3. The molecule has 2 unspecified atom stereocenters. The van der Waals surface area contributed by atoms with Crippen LogP contribution in [0.5, 0.6) is 0 Å². The lowest BCUT2D eigenvalue weighted by Gasteiger charge is -2.23. The summed E-state index contributed by atoms with van der Waals surface area (Å²) in [4.78, 5) is 33.0. The molecular weight excluding hydrogens is 252 g/mol. The summed E-state index contributed by atoms with van der Waals surface area (Å²) in [5, 5.41) is 9.02. The zero-order valence-corrected chi connectivity index (χ0v) is 10.4. The van der Waals surface area contributed by atoms with Gasteiger partial charge in [-0.15, -0.1) is 0 Å². The van der Waals surface area contributed by atoms with Gasteiger partial charge in [0.05, 0.1) is 11.8 Å². The van der Waals surface area contributed by atoms with Crippen molar-refractivity contribution in [2.75, 3.05) is 13.2 Å². The Hall–Kier alpha value is -2.11. The number of aldehydes is 1.